The zero-order chi connectivity index (χ0) is 14.1. The number of nitrogens with zero attached hydrogens (tertiary/aromatic N) is 2. The molecule has 0 bridgehead atoms. The van der Waals surface area contributed by atoms with Crippen LogP contribution in [0.3, 0.4) is 0 Å². The van der Waals surface area contributed by atoms with Gasteiger partial charge in [-0.15, -0.1) is 11.3 Å². The summed E-state index contributed by atoms with van der Waals surface area (Å²) in [5.74, 6) is 0.0675. The van der Waals surface area contributed by atoms with E-state index in [0.29, 0.717) is 26.8 Å². The highest BCUT2D eigenvalue weighted by Crippen LogP contribution is 2.26. The number of fused-ring (bicyclic) bond motifs is 1. The first-order valence-electron chi connectivity index (χ1n) is 5.68. The predicted octanol–water partition coefficient (Wildman–Crippen LogP) is 4.48. The van der Waals surface area contributed by atoms with E-state index in [4.69, 9.17) is 11.6 Å². The first-order valence-corrected chi connectivity index (χ1v) is 6.88. The van der Waals surface area contributed by atoms with Crippen LogP contribution in [0.5, 0.6) is 0 Å². The molecule has 98 valence electrons. The highest BCUT2D eigenvalue weighted by molar-refractivity contribution is 7.17. The molecule has 3 rings (SSSR count). The number of rotatable bonds is 2. The summed E-state index contributed by atoms with van der Waals surface area (Å²) in [5, 5.41) is 9.25. The predicted molar refractivity (Wildman–Crippen MR) is 78.9 cm³/mol. The number of halogens is 2. The molecule has 0 saturated heterocycles. The van der Waals surface area contributed by atoms with Gasteiger partial charge in [0.25, 0.3) is 0 Å². The second-order valence-corrected chi connectivity index (χ2v) is 5.81. The SMILES string of the molecule is N#C/C(=C/c1ccc(Cl)s1)c1nc2ccc(F)cc2[nH]1. The molecule has 1 N–H and O–H groups in total. The van der Waals surface area contributed by atoms with Gasteiger partial charge in [0.05, 0.1) is 20.9 Å². The standard InChI is InChI=1S/C14H7ClFN3S/c15-13-4-2-10(20-13)5-8(7-17)14-18-11-3-1-9(16)6-12(11)19-14/h1-6H,(H,18,19)/b8-5-. The molecule has 2 heterocycles. The molecule has 6 heteroatoms. The molecule has 3 aromatic rings. The summed E-state index contributed by atoms with van der Waals surface area (Å²) in [7, 11) is 0. The van der Waals surface area contributed by atoms with Gasteiger partial charge in [-0.1, -0.05) is 11.6 Å². The van der Waals surface area contributed by atoms with Crippen molar-refractivity contribution in [2.45, 2.75) is 0 Å². The number of benzene rings is 1. The Labute approximate surface area is 123 Å². The van der Waals surface area contributed by atoms with Crippen LogP contribution in [-0.2, 0) is 0 Å². The van der Waals surface area contributed by atoms with E-state index >= 15 is 0 Å². The lowest BCUT2D eigenvalue weighted by Crippen LogP contribution is -1.83. The van der Waals surface area contributed by atoms with Crippen LogP contribution in [-0.4, -0.2) is 9.97 Å². The number of thiophene rings is 1. The maximum atomic E-state index is 13.1. The molecule has 0 radical (unpaired) electrons. The topological polar surface area (TPSA) is 52.5 Å². The summed E-state index contributed by atoms with van der Waals surface area (Å²) in [6.45, 7) is 0. The average molecular weight is 304 g/mol. The molecule has 0 spiro atoms. The minimum absolute atomic E-state index is 0.347. The first kappa shape index (κ1) is 12.9. The minimum atomic E-state index is -0.347. The Morgan fingerprint density at radius 1 is 1.40 bits per heavy atom. The molecule has 0 unspecified atom stereocenters. The molecular weight excluding hydrogens is 297 g/mol. The van der Waals surface area contributed by atoms with Crippen molar-refractivity contribution >= 4 is 45.6 Å². The molecule has 0 amide bonds. The van der Waals surface area contributed by atoms with Gasteiger partial charge in [-0.25, -0.2) is 9.37 Å². The number of hydrogen-bond acceptors (Lipinski definition) is 3. The largest absolute Gasteiger partial charge is 0.337 e. The molecule has 0 fully saturated rings. The summed E-state index contributed by atoms with van der Waals surface area (Å²) < 4.78 is 13.8. The third-order valence-electron chi connectivity index (χ3n) is 2.70. The van der Waals surface area contributed by atoms with Crippen molar-refractivity contribution in [3.63, 3.8) is 0 Å². The molecule has 0 aliphatic heterocycles. The molecule has 0 aliphatic carbocycles. The van der Waals surface area contributed by atoms with Crippen LogP contribution in [0.1, 0.15) is 10.7 Å². The van der Waals surface area contributed by atoms with Crippen molar-refractivity contribution in [2.75, 3.05) is 0 Å². The number of hydrogen-bond donors (Lipinski definition) is 1. The Kier molecular flexibility index (Phi) is 3.26. The van der Waals surface area contributed by atoms with Gasteiger partial charge in [-0.3, -0.25) is 0 Å². The van der Waals surface area contributed by atoms with Gasteiger partial charge in [-0.05, 0) is 36.4 Å². The van der Waals surface area contributed by atoms with Crippen molar-refractivity contribution in [3.8, 4) is 6.07 Å². The Bertz CT molecular complexity index is 857. The quantitative estimate of drug-likeness (QED) is 0.710. The molecule has 0 saturated carbocycles. The summed E-state index contributed by atoms with van der Waals surface area (Å²) >= 11 is 7.23. The smallest absolute Gasteiger partial charge is 0.149 e. The number of allylic oxidation sites excluding steroid dienone is 1. The Morgan fingerprint density at radius 3 is 2.95 bits per heavy atom. The minimum Gasteiger partial charge on any atom is -0.337 e. The molecule has 3 nitrogen and oxygen atoms in total. The highest BCUT2D eigenvalue weighted by atomic mass is 35.5. The van der Waals surface area contributed by atoms with Crippen molar-refractivity contribution in [3.05, 3.63) is 51.2 Å². The van der Waals surface area contributed by atoms with E-state index in [1.54, 1.807) is 18.2 Å². The number of nitriles is 1. The fourth-order valence-corrected chi connectivity index (χ4v) is 2.82. The van der Waals surface area contributed by atoms with Gasteiger partial charge in [0.1, 0.15) is 17.7 Å². The van der Waals surface area contributed by atoms with Crippen LogP contribution in [0.15, 0.2) is 30.3 Å². The Morgan fingerprint density at radius 2 is 2.25 bits per heavy atom. The fraction of sp³-hybridized carbons (Fsp3) is 0. The number of aromatic amines is 1. The number of imidazole rings is 1. The lowest BCUT2D eigenvalue weighted by Gasteiger charge is -1.91. The summed E-state index contributed by atoms with van der Waals surface area (Å²) in [6.07, 6.45) is 1.70. The second kappa shape index (κ2) is 5.08. The van der Waals surface area contributed by atoms with E-state index in [1.807, 2.05) is 6.07 Å². The number of aromatic nitrogens is 2. The van der Waals surface area contributed by atoms with Gasteiger partial charge in [0.2, 0.25) is 0 Å². The van der Waals surface area contributed by atoms with Gasteiger partial charge in [0.15, 0.2) is 0 Å². The van der Waals surface area contributed by atoms with Gasteiger partial charge < -0.3 is 4.98 Å². The van der Waals surface area contributed by atoms with E-state index in [2.05, 4.69) is 16.0 Å². The molecular formula is C14H7ClFN3S. The fourth-order valence-electron chi connectivity index (χ4n) is 1.81. The molecule has 0 atom stereocenters. The first-order chi connectivity index (χ1) is 9.65. The monoisotopic (exact) mass is 303 g/mol. The van der Waals surface area contributed by atoms with Crippen LogP contribution in [0, 0.1) is 17.1 Å². The van der Waals surface area contributed by atoms with E-state index in [0.717, 1.165) is 4.88 Å². The highest BCUT2D eigenvalue weighted by Gasteiger charge is 2.09. The van der Waals surface area contributed by atoms with Crippen molar-refractivity contribution < 1.29 is 4.39 Å². The van der Waals surface area contributed by atoms with Gasteiger partial charge in [0, 0.05) is 4.88 Å². The average Bonchev–Trinajstić information content (AvgIpc) is 3.01. The Hall–Kier alpha value is -2.16. The lowest BCUT2D eigenvalue weighted by atomic mass is 10.2. The number of H-pyrrole nitrogens is 1. The van der Waals surface area contributed by atoms with Crippen molar-refractivity contribution in [1.82, 2.24) is 9.97 Å². The maximum absolute atomic E-state index is 13.1. The van der Waals surface area contributed by atoms with Gasteiger partial charge >= 0.3 is 0 Å². The summed E-state index contributed by atoms with van der Waals surface area (Å²) in [5.41, 5.74) is 1.55. The Balaban J connectivity index is 2.07. The molecule has 20 heavy (non-hydrogen) atoms. The molecule has 0 aliphatic rings. The van der Waals surface area contributed by atoms with Crippen LogP contribution < -0.4 is 0 Å². The van der Waals surface area contributed by atoms with Crippen LogP contribution >= 0.6 is 22.9 Å². The van der Waals surface area contributed by atoms with Crippen molar-refractivity contribution in [1.29, 1.82) is 5.26 Å². The zero-order valence-electron chi connectivity index (χ0n) is 10.0. The summed E-state index contributed by atoms with van der Waals surface area (Å²) in [6, 6.07) is 9.94. The third-order valence-corrected chi connectivity index (χ3v) is 3.88. The maximum Gasteiger partial charge on any atom is 0.149 e. The van der Waals surface area contributed by atoms with Crippen LogP contribution in [0.4, 0.5) is 4.39 Å². The van der Waals surface area contributed by atoms with E-state index in [9.17, 15) is 9.65 Å². The van der Waals surface area contributed by atoms with E-state index in [1.165, 1.54) is 23.5 Å². The van der Waals surface area contributed by atoms with Crippen molar-refractivity contribution in [2.24, 2.45) is 0 Å². The van der Waals surface area contributed by atoms with Crippen LogP contribution in [0.25, 0.3) is 22.7 Å². The molecule has 2 aromatic heterocycles. The summed E-state index contributed by atoms with van der Waals surface area (Å²) in [4.78, 5) is 8.09. The van der Waals surface area contributed by atoms with Gasteiger partial charge in [-0.2, -0.15) is 5.26 Å². The zero-order valence-corrected chi connectivity index (χ0v) is 11.6. The second-order valence-electron chi connectivity index (χ2n) is 4.06. The van der Waals surface area contributed by atoms with E-state index in [-0.39, 0.29) is 5.82 Å². The third kappa shape index (κ3) is 2.44. The van der Waals surface area contributed by atoms with E-state index < -0.39 is 0 Å². The normalized spacial score (nSPS) is 11.8. The number of nitrogens with one attached hydrogen (secondary N) is 1. The lowest BCUT2D eigenvalue weighted by molar-refractivity contribution is 0.629. The van der Waals surface area contributed by atoms with Crippen LogP contribution in [0.2, 0.25) is 4.34 Å². The molecule has 1 aromatic carbocycles.